The van der Waals surface area contributed by atoms with E-state index in [4.69, 9.17) is 10.5 Å². The predicted molar refractivity (Wildman–Crippen MR) is 111 cm³/mol. The molecule has 0 unspecified atom stereocenters. The van der Waals surface area contributed by atoms with Gasteiger partial charge >= 0.3 is 0 Å². The van der Waals surface area contributed by atoms with E-state index in [1.54, 1.807) is 6.07 Å². The molecule has 1 amide bonds. The van der Waals surface area contributed by atoms with E-state index in [9.17, 15) is 9.59 Å². The van der Waals surface area contributed by atoms with Crippen LogP contribution in [0.2, 0.25) is 0 Å². The number of carbonyl (C=O) groups is 2. The van der Waals surface area contributed by atoms with Gasteiger partial charge in [0.2, 0.25) is 0 Å². The molecule has 4 heteroatoms. The van der Waals surface area contributed by atoms with Gasteiger partial charge < -0.3 is 10.5 Å². The minimum absolute atomic E-state index is 0.0731. The Hall–Kier alpha value is -2.62. The van der Waals surface area contributed by atoms with E-state index in [-0.39, 0.29) is 6.10 Å². The Labute approximate surface area is 167 Å². The third-order valence-electron chi connectivity index (χ3n) is 5.49. The third kappa shape index (κ3) is 5.44. The van der Waals surface area contributed by atoms with Crippen molar-refractivity contribution >= 4 is 11.7 Å². The Morgan fingerprint density at radius 3 is 2.39 bits per heavy atom. The maximum absolute atomic E-state index is 12.4. The molecule has 0 saturated heterocycles. The van der Waals surface area contributed by atoms with Gasteiger partial charge in [0, 0.05) is 12.8 Å². The first-order valence-corrected chi connectivity index (χ1v) is 10.0. The Kier molecular flexibility index (Phi) is 6.50. The van der Waals surface area contributed by atoms with Crippen molar-refractivity contribution in [3.05, 3.63) is 64.7 Å². The van der Waals surface area contributed by atoms with Crippen LogP contribution >= 0.6 is 0 Å². The number of rotatable bonds is 7. The molecule has 0 spiro atoms. The second-order valence-electron chi connectivity index (χ2n) is 8.03. The molecule has 148 valence electrons. The van der Waals surface area contributed by atoms with Crippen LogP contribution < -0.4 is 10.5 Å². The molecule has 0 heterocycles. The largest absolute Gasteiger partial charge is 0.490 e. The van der Waals surface area contributed by atoms with Gasteiger partial charge in [0.25, 0.3) is 5.91 Å². The van der Waals surface area contributed by atoms with E-state index in [2.05, 4.69) is 6.07 Å². The molecule has 1 aliphatic rings. The maximum Gasteiger partial charge on any atom is 0.252 e. The van der Waals surface area contributed by atoms with Gasteiger partial charge in [0.15, 0.2) is 0 Å². The van der Waals surface area contributed by atoms with Crippen LogP contribution in [-0.2, 0) is 11.2 Å². The summed E-state index contributed by atoms with van der Waals surface area (Å²) in [6.45, 7) is 3.97. The van der Waals surface area contributed by atoms with Gasteiger partial charge in [-0.1, -0.05) is 41.5 Å². The van der Waals surface area contributed by atoms with Crippen LogP contribution in [0.25, 0.3) is 0 Å². The number of ether oxygens (including phenoxy) is 1. The second kappa shape index (κ2) is 9.05. The smallest absolute Gasteiger partial charge is 0.252 e. The minimum Gasteiger partial charge on any atom is -0.490 e. The van der Waals surface area contributed by atoms with Crippen LogP contribution in [0.4, 0.5) is 0 Å². The number of primary amides is 1. The standard InChI is InChI=1S/C24H29NO3/c1-16-4-3-5-19(12-16)15-20(26)14-18-7-9-21(10-8-18)28-23-11-6-17(2)13-22(23)24(25)27/h3-6,11-13,18,21H,7-10,14-15H2,1-2H3,(H2,25,27). The van der Waals surface area contributed by atoms with Crippen LogP contribution in [0.15, 0.2) is 42.5 Å². The van der Waals surface area contributed by atoms with Crippen LogP contribution in [0, 0.1) is 19.8 Å². The van der Waals surface area contributed by atoms with Gasteiger partial charge in [-0.3, -0.25) is 9.59 Å². The SMILES string of the molecule is Cc1cccc(CC(=O)CC2CCC(Oc3ccc(C)cc3C(N)=O)CC2)c1. The molecule has 3 rings (SSSR count). The van der Waals surface area contributed by atoms with E-state index in [1.165, 1.54) is 5.56 Å². The number of Topliss-reactive ketones (excluding diaryl/α,β-unsaturated/α-hetero) is 1. The zero-order chi connectivity index (χ0) is 20.1. The van der Waals surface area contributed by atoms with E-state index < -0.39 is 5.91 Å². The maximum atomic E-state index is 12.4. The summed E-state index contributed by atoms with van der Waals surface area (Å²) in [7, 11) is 0. The van der Waals surface area contributed by atoms with E-state index in [0.717, 1.165) is 36.8 Å². The lowest BCUT2D eigenvalue weighted by molar-refractivity contribution is -0.119. The van der Waals surface area contributed by atoms with Crippen molar-refractivity contribution in [2.24, 2.45) is 11.7 Å². The summed E-state index contributed by atoms with van der Waals surface area (Å²) in [4.78, 5) is 24.1. The molecule has 2 N–H and O–H groups in total. The van der Waals surface area contributed by atoms with Crippen LogP contribution in [-0.4, -0.2) is 17.8 Å². The average molecular weight is 380 g/mol. The Bertz CT molecular complexity index is 851. The number of carbonyl (C=O) groups excluding carboxylic acids is 2. The minimum atomic E-state index is -0.464. The first-order valence-electron chi connectivity index (χ1n) is 10.0. The Morgan fingerprint density at radius 2 is 1.71 bits per heavy atom. The Morgan fingerprint density at radius 1 is 1.00 bits per heavy atom. The fraction of sp³-hybridized carbons (Fsp3) is 0.417. The fourth-order valence-electron chi connectivity index (χ4n) is 4.02. The number of ketones is 1. The van der Waals surface area contributed by atoms with Crippen molar-refractivity contribution in [3.63, 3.8) is 0 Å². The molecule has 4 nitrogen and oxygen atoms in total. The topological polar surface area (TPSA) is 69.4 Å². The van der Waals surface area contributed by atoms with Gasteiger partial charge in [-0.05, 0) is 63.1 Å². The molecule has 2 aromatic carbocycles. The second-order valence-corrected chi connectivity index (χ2v) is 8.03. The summed E-state index contributed by atoms with van der Waals surface area (Å²) >= 11 is 0. The quantitative estimate of drug-likeness (QED) is 0.768. The lowest BCUT2D eigenvalue weighted by Gasteiger charge is -2.29. The summed E-state index contributed by atoms with van der Waals surface area (Å²) in [6.07, 6.45) is 4.97. The molecule has 0 bridgehead atoms. The molecule has 28 heavy (non-hydrogen) atoms. The highest BCUT2D eigenvalue weighted by Crippen LogP contribution is 2.31. The lowest BCUT2D eigenvalue weighted by atomic mass is 9.83. The fourth-order valence-corrected chi connectivity index (χ4v) is 4.02. The zero-order valence-electron chi connectivity index (χ0n) is 16.7. The Balaban J connectivity index is 1.49. The summed E-state index contributed by atoms with van der Waals surface area (Å²) in [5.74, 6) is 0.835. The van der Waals surface area contributed by atoms with Crippen molar-refractivity contribution in [1.29, 1.82) is 0 Å². The highest BCUT2D eigenvalue weighted by Gasteiger charge is 2.25. The summed E-state index contributed by atoms with van der Waals surface area (Å²) in [5.41, 5.74) is 9.19. The van der Waals surface area contributed by atoms with E-state index >= 15 is 0 Å². The molecule has 1 fully saturated rings. The van der Waals surface area contributed by atoms with Gasteiger partial charge in [-0.25, -0.2) is 0 Å². The van der Waals surface area contributed by atoms with Crippen LogP contribution in [0.1, 0.15) is 59.2 Å². The number of nitrogens with two attached hydrogens (primary N) is 1. The van der Waals surface area contributed by atoms with Crippen LogP contribution in [0.5, 0.6) is 5.75 Å². The van der Waals surface area contributed by atoms with Crippen molar-refractivity contribution in [2.75, 3.05) is 0 Å². The normalized spacial score (nSPS) is 19.2. The van der Waals surface area contributed by atoms with Crippen molar-refractivity contribution in [1.82, 2.24) is 0 Å². The summed E-state index contributed by atoms with van der Waals surface area (Å²) in [5, 5.41) is 0. The zero-order valence-corrected chi connectivity index (χ0v) is 16.7. The number of hydrogen-bond acceptors (Lipinski definition) is 3. The molecule has 2 aromatic rings. The number of hydrogen-bond donors (Lipinski definition) is 1. The summed E-state index contributed by atoms with van der Waals surface area (Å²) < 4.78 is 6.08. The van der Waals surface area contributed by atoms with Crippen LogP contribution in [0.3, 0.4) is 0 Å². The monoisotopic (exact) mass is 379 g/mol. The van der Waals surface area contributed by atoms with Crippen molar-refractivity contribution in [2.45, 2.75) is 58.5 Å². The molecule has 1 aliphatic carbocycles. The lowest BCUT2D eigenvalue weighted by Crippen LogP contribution is -2.26. The van der Waals surface area contributed by atoms with Gasteiger partial charge in [0.1, 0.15) is 11.5 Å². The molecular weight excluding hydrogens is 350 g/mol. The molecule has 0 radical (unpaired) electrons. The first kappa shape index (κ1) is 20.1. The molecule has 0 aliphatic heterocycles. The molecule has 0 atom stereocenters. The number of benzene rings is 2. The van der Waals surface area contributed by atoms with E-state index in [0.29, 0.717) is 35.9 Å². The number of amides is 1. The third-order valence-corrected chi connectivity index (χ3v) is 5.49. The van der Waals surface area contributed by atoms with Gasteiger partial charge in [-0.2, -0.15) is 0 Å². The van der Waals surface area contributed by atoms with E-state index in [1.807, 2.05) is 44.2 Å². The first-order chi connectivity index (χ1) is 13.4. The molecule has 1 saturated carbocycles. The summed E-state index contributed by atoms with van der Waals surface area (Å²) in [6, 6.07) is 13.7. The highest BCUT2D eigenvalue weighted by atomic mass is 16.5. The van der Waals surface area contributed by atoms with Gasteiger partial charge in [0.05, 0.1) is 11.7 Å². The van der Waals surface area contributed by atoms with Crippen molar-refractivity contribution < 1.29 is 14.3 Å². The predicted octanol–water partition coefficient (Wildman–Crippen LogP) is 4.54. The highest BCUT2D eigenvalue weighted by molar-refractivity contribution is 5.95. The number of aryl methyl sites for hydroxylation is 2. The molecule has 0 aromatic heterocycles. The molecular formula is C24H29NO3. The van der Waals surface area contributed by atoms with Crippen molar-refractivity contribution in [3.8, 4) is 5.75 Å². The van der Waals surface area contributed by atoms with Gasteiger partial charge in [-0.15, -0.1) is 0 Å². The average Bonchev–Trinajstić information content (AvgIpc) is 2.64.